The minimum atomic E-state index is -3.61. The molecule has 8 heteroatoms. The SMILES string of the molecule is O=C1CC(c2ccccc2)C(=O)N1CN1CCN(S(=O)(=O)c2ccc3ccccc3c2)CC1. The average Bonchev–Trinajstić information content (AvgIpc) is 3.13. The second-order valence-corrected chi connectivity index (χ2v) is 10.4. The van der Waals surface area contributed by atoms with E-state index in [1.54, 1.807) is 12.1 Å². The van der Waals surface area contributed by atoms with Gasteiger partial charge in [0.05, 0.1) is 17.5 Å². The maximum absolute atomic E-state index is 13.2. The molecule has 5 rings (SSSR count). The molecule has 2 amide bonds. The van der Waals surface area contributed by atoms with Gasteiger partial charge in [-0.2, -0.15) is 4.31 Å². The summed E-state index contributed by atoms with van der Waals surface area (Å²) in [5, 5.41) is 1.88. The van der Waals surface area contributed by atoms with Crippen molar-refractivity contribution in [1.29, 1.82) is 0 Å². The maximum Gasteiger partial charge on any atom is 0.243 e. The van der Waals surface area contributed by atoms with Crippen LogP contribution in [0.5, 0.6) is 0 Å². The van der Waals surface area contributed by atoms with Crippen molar-refractivity contribution < 1.29 is 18.0 Å². The Labute approximate surface area is 193 Å². The summed E-state index contributed by atoms with van der Waals surface area (Å²) >= 11 is 0. The molecule has 0 radical (unpaired) electrons. The number of likely N-dealkylation sites (tertiary alicyclic amines) is 1. The third-order valence-corrected chi connectivity index (χ3v) is 8.37. The lowest BCUT2D eigenvalue weighted by molar-refractivity contribution is -0.141. The standard InChI is InChI=1S/C25H25N3O4S/c29-24-17-23(20-7-2-1-3-8-20)25(30)28(24)18-26-12-14-27(15-13-26)33(31,32)22-11-10-19-6-4-5-9-21(19)16-22/h1-11,16,23H,12-15,17-18H2. The first-order valence-electron chi connectivity index (χ1n) is 11.0. The van der Waals surface area contributed by atoms with E-state index in [4.69, 9.17) is 0 Å². The number of imide groups is 1. The Morgan fingerprint density at radius 2 is 1.45 bits per heavy atom. The molecule has 33 heavy (non-hydrogen) atoms. The summed E-state index contributed by atoms with van der Waals surface area (Å²) in [5.41, 5.74) is 0.852. The number of hydrogen-bond donors (Lipinski definition) is 0. The number of benzene rings is 3. The molecule has 2 fully saturated rings. The van der Waals surface area contributed by atoms with Crippen LogP contribution in [0.1, 0.15) is 17.9 Å². The zero-order valence-corrected chi connectivity index (χ0v) is 18.9. The summed E-state index contributed by atoms with van der Waals surface area (Å²) in [6, 6.07) is 22.2. The minimum Gasteiger partial charge on any atom is -0.283 e. The first-order valence-corrected chi connectivity index (χ1v) is 12.5. The summed E-state index contributed by atoms with van der Waals surface area (Å²) in [6.45, 7) is 1.74. The van der Waals surface area contributed by atoms with Crippen molar-refractivity contribution in [2.75, 3.05) is 32.8 Å². The Morgan fingerprint density at radius 3 is 2.18 bits per heavy atom. The van der Waals surface area contributed by atoms with Crippen molar-refractivity contribution in [3.63, 3.8) is 0 Å². The number of nitrogens with zero attached hydrogens (tertiary/aromatic N) is 3. The van der Waals surface area contributed by atoms with Crippen molar-refractivity contribution in [3.8, 4) is 0 Å². The van der Waals surface area contributed by atoms with Crippen LogP contribution in [0.15, 0.2) is 77.7 Å². The van der Waals surface area contributed by atoms with Crippen LogP contribution in [0.2, 0.25) is 0 Å². The number of hydrogen-bond acceptors (Lipinski definition) is 5. The fourth-order valence-corrected chi connectivity index (χ4v) is 6.02. The van der Waals surface area contributed by atoms with Gasteiger partial charge in [-0.25, -0.2) is 8.42 Å². The van der Waals surface area contributed by atoms with Crippen molar-refractivity contribution in [1.82, 2.24) is 14.1 Å². The van der Waals surface area contributed by atoms with Gasteiger partial charge in [-0.05, 0) is 28.5 Å². The van der Waals surface area contributed by atoms with Gasteiger partial charge in [0.1, 0.15) is 0 Å². The van der Waals surface area contributed by atoms with Gasteiger partial charge in [-0.15, -0.1) is 0 Å². The Balaban J connectivity index is 1.23. The summed E-state index contributed by atoms with van der Waals surface area (Å²) in [5.74, 6) is -0.800. The van der Waals surface area contributed by atoms with Gasteiger partial charge in [-0.1, -0.05) is 60.7 Å². The third-order valence-electron chi connectivity index (χ3n) is 6.48. The van der Waals surface area contributed by atoms with Gasteiger partial charge in [-0.3, -0.25) is 19.4 Å². The number of fused-ring (bicyclic) bond motifs is 1. The van der Waals surface area contributed by atoms with Crippen LogP contribution < -0.4 is 0 Å². The van der Waals surface area contributed by atoms with E-state index < -0.39 is 15.9 Å². The number of sulfonamides is 1. The molecule has 0 N–H and O–H groups in total. The highest BCUT2D eigenvalue weighted by molar-refractivity contribution is 7.89. The fourth-order valence-electron chi connectivity index (χ4n) is 4.57. The molecule has 2 saturated heterocycles. The van der Waals surface area contributed by atoms with Crippen molar-refractivity contribution in [2.45, 2.75) is 17.2 Å². The highest BCUT2D eigenvalue weighted by atomic mass is 32.2. The molecule has 1 atom stereocenters. The molecule has 2 aliphatic heterocycles. The van der Waals surface area contributed by atoms with E-state index in [1.165, 1.54) is 9.21 Å². The second kappa shape index (κ2) is 8.70. The molecule has 0 spiro atoms. The summed E-state index contributed by atoms with van der Waals surface area (Å²) in [7, 11) is -3.61. The molecule has 7 nitrogen and oxygen atoms in total. The third kappa shape index (κ3) is 4.17. The zero-order valence-electron chi connectivity index (χ0n) is 18.1. The lowest BCUT2D eigenvalue weighted by Gasteiger charge is -2.35. The van der Waals surface area contributed by atoms with E-state index in [0.717, 1.165) is 16.3 Å². The fraction of sp³-hybridized carbons (Fsp3) is 0.280. The van der Waals surface area contributed by atoms with Gasteiger partial charge in [0.25, 0.3) is 0 Å². The Hall–Kier alpha value is -3.07. The highest BCUT2D eigenvalue weighted by Gasteiger charge is 2.40. The maximum atomic E-state index is 13.2. The molecular formula is C25H25N3O4S. The molecule has 0 aliphatic carbocycles. The van der Waals surface area contributed by atoms with Crippen molar-refractivity contribution >= 4 is 32.6 Å². The molecular weight excluding hydrogens is 438 g/mol. The predicted octanol–water partition coefficient (Wildman–Crippen LogP) is 2.65. The summed E-state index contributed by atoms with van der Waals surface area (Å²) in [4.78, 5) is 29.0. The first-order chi connectivity index (χ1) is 15.9. The van der Waals surface area contributed by atoms with E-state index >= 15 is 0 Å². The van der Waals surface area contributed by atoms with Crippen LogP contribution >= 0.6 is 0 Å². The van der Waals surface area contributed by atoms with E-state index in [-0.39, 0.29) is 29.8 Å². The Kier molecular flexibility index (Phi) is 5.74. The van der Waals surface area contributed by atoms with Crippen LogP contribution in [-0.4, -0.2) is 67.2 Å². The van der Waals surface area contributed by atoms with E-state index in [0.29, 0.717) is 26.2 Å². The first kappa shape index (κ1) is 21.8. The molecule has 1 unspecified atom stereocenters. The molecule has 170 valence electrons. The normalized spacial score (nSPS) is 20.6. The predicted molar refractivity (Wildman–Crippen MR) is 125 cm³/mol. The lowest BCUT2D eigenvalue weighted by atomic mass is 9.98. The minimum absolute atomic E-state index is 0.180. The van der Waals surface area contributed by atoms with Gasteiger partial charge in [0.15, 0.2) is 0 Å². The zero-order chi connectivity index (χ0) is 23.0. The van der Waals surface area contributed by atoms with Crippen LogP contribution in [0, 0.1) is 0 Å². The van der Waals surface area contributed by atoms with Crippen LogP contribution in [-0.2, 0) is 19.6 Å². The number of piperazine rings is 1. The monoisotopic (exact) mass is 463 g/mol. The average molecular weight is 464 g/mol. The van der Waals surface area contributed by atoms with Crippen LogP contribution in [0.3, 0.4) is 0 Å². The van der Waals surface area contributed by atoms with E-state index in [2.05, 4.69) is 0 Å². The number of rotatable bonds is 5. The Bertz CT molecular complexity index is 1300. The quantitative estimate of drug-likeness (QED) is 0.544. The second-order valence-electron chi connectivity index (χ2n) is 8.50. The largest absolute Gasteiger partial charge is 0.283 e. The Morgan fingerprint density at radius 1 is 0.788 bits per heavy atom. The van der Waals surface area contributed by atoms with Crippen LogP contribution in [0.25, 0.3) is 10.8 Å². The lowest BCUT2D eigenvalue weighted by Crippen LogP contribution is -2.52. The number of carbonyl (C=O) groups is 2. The van der Waals surface area contributed by atoms with Crippen LogP contribution in [0.4, 0.5) is 0 Å². The molecule has 0 saturated carbocycles. The topological polar surface area (TPSA) is 78.0 Å². The summed E-state index contributed by atoms with van der Waals surface area (Å²) in [6.07, 6.45) is 0.180. The summed E-state index contributed by atoms with van der Waals surface area (Å²) < 4.78 is 27.8. The van der Waals surface area contributed by atoms with E-state index in [1.807, 2.05) is 65.6 Å². The molecule has 3 aromatic rings. The van der Waals surface area contributed by atoms with Crippen molar-refractivity contribution in [2.24, 2.45) is 0 Å². The molecule has 2 aliphatic rings. The number of amides is 2. The van der Waals surface area contributed by atoms with Gasteiger partial charge in [0, 0.05) is 32.6 Å². The smallest absolute Gasteiger partial charge is 0.243 e. The number of carbonyl (C=O) groups excluding carboxylic acids is 2. The highest BCUT2D eigenvalue weighted by Crippen LogP contribution is 2.30. The molecule has 0 bridgehead atoms. The molecule has 0 aromatic heterocycles. The van der Waals surface area contributed by atoms with Gasteiger partial charge in [0.2, 0.25) is 21.8 Å². The van der Waals surface area contributed by atoms with Crippen molar-refractivity contribution in [3.05, 3.63) is 78.4 Å². The van der Waals surface area contributed by atoms with Gasteiger partial charge < -0.3 is 0 Å². The van der Waals surface area contributed by atoms with Gasteiger partial charge >= 0.3 is 0 Å². The van der Waals surface area contributed by atoms with E-state index in [9.17, 15) is 18.0 Å². The molecule has 2 heterocycles. The molecule has 3 aromatic carbocycles.